The summed E-state index contributed by atoms with van der Waals surface area (Å²) in [6.45, 7) is 1.40. The topological polar surface area (TPSA) is 90.3 Å². The van der Waals surface area contributed by atoms with Crippen LogP contribution in [0.1, 0.15) is 16.1 Å². The molecular weight excluding hydrogens is 366 g/mol. The highest BCUT2D eigenvalue weighted by atomic mass is 79.9. The molecule has 0 aliphatic rings. The number of rotatable bonds is 4. The molecule has 120 valence electrons. The van der Waals surface area contributed by atoms with Gasteiger partial charge in [0.25, 0.3) is 11.5 Å². The van der Waals surface area contributed by atoms with Crippen LogP contribution in [0.2, 0.25) is 0 Å². The number of aryl methyl sites for hydroxylation is 2. The Bertz CT molecular complexity index is 817. The zero-order valence-electron chi connectivity index (χ0n) is 12.5. The molecule has 0 unspecified atom stereocenters. The SMILES string of the molecule is Cc1cc(Br)ccc1NC(=O)COC(=O)c1ccc(=O)n(C)n1. The second kappa shape index (κ2) is 7.19. The lowest BCUT2D eigenvalue weighted by Crippen LogP contribution is -2.24. The van der Waals surface area contributed by atoms with Gasteiger partial charge in [-0.1, -0.05) is 15.9 Å². The molecule has 0 bridgehead atoms. The van der Waals surface area contributed by atoms with Crippen molar-refractivity contribution in [2.75, 3.05) is 11.9 Å². The summed E-state index contributed by atoms with van der Waals surface area (Å²) < 4.78 is 6.80. The van der Waals surface area contributed by atoms with Gasteiger partial charge in [-0.05, 0) is 36.8 Å². The van der Waals surface area contributed by atoms with E-state index in [1.807, 2.05) is 13.0 Å². The molecule has 1 heterocycles. The van der Waals surface area contributed by atoms with Crippen molar-refractivity contribution in [3.05, 3.63) is 56.4 Å². The zero-order chi connectivity index (χ0) is 17.0. The van der Waals surface area contributed by atoms with Crippen LogP contribution in [0.3, 0.4) is 0 Å². The van der Waals surface area contributed by atoms with E-state index in [2.05, 4.69) is 26.3 Å². The van der Waals surface area contributed by atoms with Crippen LogP contribution in [0, 0.1) is 6.92 Å². The third-order valence-corrected chi connectivity index (χ3v) is 3.46. The molecule has 1 aromatic heterocycles. The predicted molar refractivity (Wildman–Crippen MR) is 87.3 cm³/mol. The zero-order valence-corrected chi connectivity index (χ0v) is 14.1. The first-order valence-corrected chi connectivity index (χ1v) is 7.43. The van der Waals surface area contributed by atoms with Gasteiger partial charge in [-0.15, -0.1) is 0 Å². The molecule has 1 N–H and O–H groups in total. The largest absolute Gasteiger partial charge is 0.451 e. The molecule has 0 aliphatic carbocycles. The Morgan fingerprint density at radius 1 is 1.30 bits per heavy atom. The smallest absolute Gasteiger partial charge is 0.359 e. The molecule has 2 rings (SSSR count). The highest BCUT2D eigenvalue weighted by Gasteiger charge is 2.13. The van der Waals surface area contributed by atoms with Gasteiger partial charge >= 0.3 is 5.97 Å². The highest BCUT2D eigenvalue weighted by molar-refractivity contribution is 9.10. The predicted octanol–water partition coefficient (Wildman–Crippen LogP) is 1.65. The molecular formula is C15H14BrN3O4. The quantitative estimate of drug-likeness (QED) is 0.815. The summed E-state index contributed by atoms with van der Waals surface area (Å²) in [6, 6.07) is 7.85. The van der Waals surface area contributed by atoms with Crippen molar-refractivity contribution in [2.45, 2.75) is 6.92 Å². The maximum atomic E-state index is 11.8. The van der Waals surface area contributed by atoms with Crippen molar-refractivity contribution in [3.8, 4) is 0 Å². The van der Waals surface area contributed by atoms with Crippen molar-refractivity contribution >= 4 is 33.5 Å². The maximum Gasteiger partial charge on any atom is 0.359 e. The minimum Gasteiger partial charge on any atom is -0.451 e. The molecule has 0 fully saturated rings. The Kier molecular flexibility index (Phi) is 5.28. The first-order chi connectivity index (χ1) is 10.9. The van der Waals surface area contributed by atoms with Gasteiger partial charge in [0.2, 0.25) is 0 Å². The molecule has 0 spiro atoms. The molecule has 0 saturated carbocycles. The minimum atomic E-state index is -0.775. The van der Waals surface area contributed by atoms with Gasteiger partial charge in [-0.2, -0.15) is 5.10 Å². The van der Waals surface area contributed by atoms with Crippen molar-refractivity contribution < 1.29 is 14.3 Å². The Balaban J connectivity index is 1.94. The van der Waals surface area contributed by atoms with Crippen LogP contribution in [-0.2, 0) is 16.6 Å². The van der Waals surface area contributed by atoms with E-state index in [4.69, 9.17) is 4.74 Å². The first kappa shape index (κ1) is 16.9. The van der Waals surface area contributed by atoms with Crippen LogP contribution < -0.4 is 10.9 Å². The lowest BCUT2D eigenvalue weighted by Gasteiger charge is -2.09. The molecule has 0 atom stereocenters. The summed E-state index contributed by atoms with van der Waals surface area (Å²) in [7, 11) is 1.42. The van der Waals surface area contributed by atoms with Gasteiger partial charge < -0.3 is 10.1 Å². The Morgan fingerprint density at radius 3 is 2.70 bits per heavy atom. The van der Waals surface area contributed by atoms with E-state index in [9.17, 15) is 14.4 Å². The third-order valence-electron chi connectivity index (χ3n) is 2.97. The molecule has 2 aromatic rings. The second-order valence-corrected chi connectivity index (χ2v) is 5.68. The van der Waals surface area contributed by atoms with E-state index in [1.165, 1.54) is 19.2 Å². The van der Waals surface area contributed by atoms with Gasteiger partial charge in [-0.3, -0.25) is 9.59 Å². The van der Waals surface area contributed by atoms with Crippen LogP contribution >= 0.6 is 15.9 Å². The fraction of sp³-hybridized carbons (Fsp3) is 0.200. The number of nitrogens with zero attached hydrogens (tertiary/aromatic N) is 2. The van der Waals surface area contributed by atoms with Gasteiger partial charge in [0.05, 0.1) is 0 Å². The molecule has 1 aromatic carbocycles. The number of nitrogens with one attached hydrogen (secondary N) is 1. The number of amides is 1. The number of esters is 1. The average Bonchev–Trinajstić information content (AvgIpc) is 2.50. The molecule has 1 amide bonds. The fourth-order valence-electron chi connectivity index (χ4n) is 1.77. The van der Waals surface area contributed by atoms with E-state index in [1.54, 1.807) is 12.1 Å². The number of carbonyl (C=O) groups is 2. The summed E-state index contributed by atoms with van der Waals surface area (Å²) in [4.78, 5) is 34.8. The first-order valence-electron chi connectivity index (χ1n) is 6.64. The van der Waals surface area contributed by atoms with E-state index in [0.717, 1.165) is 14.7 Å². The van der Waals surface area contributed by atoms with E-state index < -0.39 is 18.5 Å². The summed E-state index contributed by atoms with van der Waals surface area (Å²) in [5.74, 6) is -1.24. The fourth-order valence-corrected chi connectivity index (χ4v) is 2.25. The maximum absolute atomic E-state index is 11.8. The van der Waals surface area contributed by atoms with Crippen LogP contribution in [0.5, 0.6) is 0 Å². The van der Waals surface area contributed by atoms with Crippen molar-refractivity contribution in [3.63, 3.8) is 0 Å². The molecule has 0 saturated heterocycles. The van der Waals surface area contributed by atoms with Crippen LogP contribution in [-0.4, -0.2) is 28.3 Å². The number of benzene rings is 1. The second-order valence-electron chi connectivity index (χ2n) is 4.76. The number of carbonyl (C=O) groups excluding carboxylic acids is 2. The van der Waals surface area contributed by atoms with Crippen molar-refractivity contribution in [1.29, 1.82) is 0 Å². The summed E-state index contributed by atoms with van der Waals surface area (Å²) >= 11 is 3.34. The van der Waals surface area contributed by atoms with Crippen LogP contribution in [0.4, 0.5) is 5.69 Å². The van der Waals surface area contributed by atoms with Gasteiger partial charge in [0, 0.05) is 23.3 Å². The molecule has 8 heteroatoms. The number of halogens is 1. The third kappa shape index (κ3) is 4.49. The van der Waals surface area contributed by atoms with Gasteiger partial charge in [-0.25, -0.2) is 9.48 Å². The van der Waals surface area contributed by atoms with E-state index in [-0.39, 0.29) is 11.3 Å². The van der Waals surface area contributed by atoms with Gasteiger partial charge in [0.1, 0.15) is 0 Å². The number of ether oxygens (including phenoxy) is 1. The Hall–Kier alpha value is -2.48. The lowest BCUT2D eigenvalue weighted by atomic mass is 10.2. The number of anilines is 1. The number of hydrogen-bond donors (Lipinski definition) is 1. The van der Waals surface area contributed by atoms with E-state index in [0.29, 0.717) is 5.69 Å². The molecule has 7 nitrogen and oxygen atoms in total. The highest BCUT2D eigenvalue weighted by Crippen LogP contribution is 2.19. The summed E-state index contributed by atoms with van der Waals surface area (Å²) in [6.07, 6.45) is 0. The van der Waals surface area contributed by atoms with Gasteiger partial charge in [0.15, 0.2) is 12.3 Å². The minimum absolute atomic E-state index is 0.0419. The Morgan fingerprint density at radius 2 is 2.04 bits per heavy atom. The Labute approximate surface area is 140 Å². The standard InChI is InChI=1S/C15H14BrN3O4/c1-9-7-10(16)3-4-11(9)17-13(20)8-23-15(22)12-5-6-14(21)19(2)18-12/h3-7H,8H2,1-2H3,(H,17,20). The van der Waals surface area contributed by atoms with Crippen molar-refractivity contribution in [1.82, 2.24) is 9.78 Å². The normalized spacial score (nSPS) is 10.2. The molecule has 23 heavy (non-hydrogen) atoms. The monoisotopic (exact) mass is 379 g/mol. The van der Waals surface area contributed by atoms with Crippen molar-refractivity contribution in [2.24, 2.45) is 7.05 Å². The van der Waals surface area contributed by atoms with Crippen LogP contribution in [0.25, 0.3) is 0 Å². The van der Waals surface area contributed by atoms with Crippen LogP contribution in [0.15, 0.2) is 39.6 Å². The lowest BCUT2D eigenvalue weighted by molar-refractivity contribution is -0.119. The average molecular weight is 380 g/mol. The summed E-state index contributed by atoms with van der Waals surface area (Å²) in [5, 5.41) is 6.40. The number of hydrogen-bond acceptors (Lipinski definition) is 5. The summed E-state index contributed by atoms with van der Waals surface area (Å²) in [5.41, 5.74) is 1.12. The molecule has 0 radical (unpaired) electrons. The number of aromatic nitrogens is 2. The molecule has 0 aliphatic heterocycles. The van der Waals surface area contributed by atoms with E-state index >= 15 is 0 Å².